The molecule has 82 heavy (non-hydrogen) atoms. The molecular weight excluding hydrogens is 1040 g/mol. The van der Waals surface area contributed by atoms with E-state index in [1.54, 1.807) is 0 Å². The average molecular weight is 1160 g/mol. The van der Waals surface area contributed by atoms with Gasteiger partial charge in [0, 0.05) is 12.8 Å². The van der Waals surface area contributed by atoms with E-state index in [1.807, 2.05) is 21.1 Å². The van der Waals surface area contributed by atoms with Gasteiger partial charge in [-0.15, -0.1) is 0 Å². The fourth-order valence-corrected chi connectivity index (χ4v) is 9.68. The molecule has 0 aromatic rings. The van der Waals surface area contributed by atoms with Gasteiger partial charge < -0.3 is 27.9 Å². The average Bonchev–Trinajstić information content (AvgIpc) is 3.46. The van der Waals surface area contributed by atoms with Crippen LogP contribution >= 0.6 is 7.82 Å². The fraction of sp³-hybridized carbons (Fsp3) is 0.694. The number of phosphoric acid groups is 1. The van der Waals surface area contributed by atoms with Crippen LogP contribution in [0.15, 0.2) is 122 Å². The highest BCUT2D eigenvalue weighted by Crippen LogP contribution is 2.38. The first kappa shape index (κ1) is 78.4. The van der Waals surface area contributed by atoms with E-state index in [-0.39, 0.29) is 32.0 Å². The zero-order valence-corrected chi connectivity index (χ0v) is 54.3. The van der Waals surface area contributed by atoms with Crippen LogP contribution in [-0.2, 0) is 32.7 Å². The number of carbonyl (C=O) groups is 2. The summed E-state index contributed by atoms with van der Waals surface area (Å²) in [7, 11) is 1.16. The smallest absolute Gasteiger partial charge is 0.306 e. The molecule has 0 rings (SSSR count). The van der Waals surface area contributed by atoms with E-state index < -0.39 is 26.5 Å². The zero-order valence-electron chi connectivity index (χ0n) is 53.4. The predicted molar refractivity (Wildman–Crippen MR) is 351 cm³/mol. The van der Waals surface area contributed by atoms with Crippen LogP contribution in [0.4, 0.5) is 0 Å². The summed E-state index contributed by atoms with van der Waals surface area (Å²) < 4.78 is 34.3. The Bertz CT molecular complexity index is 1800. The van der Waals surface area contributed by atoms with E-state index in [1.165, 1.54) is 122 Å². The molecular formula is C72H124NO8P. The lowest BCUT2D eigenvalue weighted by Crippen LogP contribution is -2.37. The molecule has 470 valence electrons. The molecule has 0 N–H and O–H groups in total. The summed E-state index contributed by atoms with van der Waals surface area (Å²) in [6.07, 6.45) is 88.3. The maximum Gasteiger partial charge on any atom is 0.306 e. The molecule has 0 radical (unpaired) electrons. The summed E-state index contributed by atoms with van der Waals surface area (Å²) in [4.78, 5) is 38.0. The molecule has 0 aromatic carbocycles. The lowest BCUT2D eigenvalue weighted by atomic mass is 10.0. The van der Waals surface area contributed by atoms with Crippen LogP contribution in [0.5, 0.6) is 0 Å². The van der Waals surface area contributed by atoms with E-state index in [0.717, 1.165) is 116 Å². The fourth-order valence-electron chi connectivity index (χ4n) is 8.95. The first-order valence-electron chi connectivity index (χ1n) is 33.2. The number of quaternary nitrogens is 1. The summed E-state index contributed by atoms with van der Waals surface area (Å²) in [5.74, 6) is -0.839. The van der Waals surface area contributed by atoms with Crippen molar-refractivity contribution in [1.82, 2.24) is 0 Å². The van der Waals surface area contributed by atoms with Crippen molar-refractivity contribution >= 4 is 19.8 Å². The molecule has 0 aliphatic heterocycles. The first-order valence-corrected chi connectivity index (χ1v) is 34.7. The Hall–Kier alpha value is -3.59. The largest absolute Gasteiger partial charge is 0.756 e. The molecule has 2 atom stereocenters. The van der Waals surface area contributed by atoms with Gasteiger partial charge in [0.25, 0.3) is 7.82 Å². The number of hydrogen-bond donors (Lipinski definition) is 0. The van der Waals surface area contributed by atoms with Crippen molar-refractivity contribution in [1.29, 1.82) is 0 Å². The van der Waals surface area contributed by atoms with Crippen LogP contribution in [0.3, 0.4) is 0 Å². The Morgan fingerprint density at radius 3 is 0.976 bits per heavy atom. The molecule has 2 unspecified atom stereocenters. The van der Waals surface area contributed by atoms with Crippen molar-refractivity contribution in [3.63, 3.8) is 0 Å². The third kappa shape index (κ3) is 65.6. The van der Waals surface area contributed by atoms with Gasteiger partial charge in [0.05, 0.1) is 27.7 Å². The molecule has 0 bridgehead atoms. The Morgan fingerprint density at radius 1 is 0.378 bits per heavy atom. The molecule has 0 aliphatic carbocycles. The molecule has 0 spiro atoms. The number of carbonyl (C=O) groups excluding carboxylic acids is 2. The highest BCUT2D eigenvalue weighted by molar-refractivity contribution is 7.45. The van der Waals surface area contributed by atoms with Crippen LogP contribution < -0.4 is 4.89 Å². The summed E-state index contributed by atoms with van der Waals surface area (Å²) in [6, 6.07) is 0. The number of esters is 2. The lowest BCUT2D eigenvalue weighted by Gasteiger charge is -2.28. The normalized spacial score (nSPS) is 14.0. The minimum atomic E-state index is -4.65. The summed E-state index contributed by atoms with van der Waals surface area (Å²) in [6.45, 7) is 4.02. The molecule has 9 nitrogen and oxygen atoms in total. The number of ether oxygens (including phenoxy) is 2. The topological polar surface area (TPSA) is 111 Å². The Labute approximate surface area is 505 Å². The second-order valence-electron chi connectivity index (χ2n) is 23.1. The molecule has 0 fully saturated rings. The monoisotopic (exact) mass is 1160 g/mol. The molecule has 10 heteroatoms. The Kier molecular flexibility index (Phi) is 59.2. The Balaban J connectivity index is 4.08. The minimum absolute atomic E-state index is 0.0363. The second-order valence-corrected chi connectivity index (χ2v) is 24.5. The number of allylic oxidation sites excluding steroid dienone is 20. The summed E-state index contributed by atoms with van der Waals surface area (Å²) >= 11 is 0. The second kappa shape index (κ2) is 62.0. The number of likely N-dealkylation sites (N-methyl/N-ethyl adjacent to an activating group) is 1. The quantitative estimate of drug-likeness (QED) is 0.0195. The Morgan fingerprint density at radius 2 is 0.659 bits per heavy atom. The first-order chi connectivity index (χ1) is 40.0. The van der Waals surface area contributed by atoms with E-state index in [4.69, 9.17) is 18.5 Å². The van der Waals surface area contributed by atoms with Crippen molar-refractivity contribution < 1.29 is 42.1 Å². The van der Waals surface area contributed by atoms with Crippen LogP contribution in [0.25, 0.3) is 0 Å². The minimum Gasteiger partial charge on any atom is -0.756 e. The third-order valence-electron chi connectivity index (χ3n) is 14.0. The van der Waals surface area contributed by atoms with Crippen LogP contribution in [0.2, 0.25) is 0 Å². The lowest BCUT2D eigenvalue weighted by molar-refractivity contribution is -0.870. The summed E-state index contributed by atoms with van der Waals surface area (Å²) in [5.41, 5.74) is 0. The number of phosphoric ester groups is 1. The molecule has 0 saturated heterocycles. The van der Waals surface area contributed by atoms with Gasteiger partial charge in [0.15, 0.2) is 6.10 Å². The van der Waals surface area contributed by atoms with Crippen molar-refractivity contribution in [3.8, 4) is 0 Å². The van der Waals surface area contributed by atoms with E-state index in [9.17, 15) is 19.0 Å². The standard InChI is InChI=1S/C72H124NO8P/c1-6-8-10-12-14-16-18-20-22-24-26-28-30-32-33-34-35-36-37-38-39-41-43-45-47-49-51-53-55-57-59-61-63-65-72(75)81-70(69-80-82(76,77)79-67-66-73(3,4)5)68-78-71(74)64-62-60-58-56-54-52-50-48-46-44-42-40-31-29-27-25-23-21-19-17-15-13-11-9-7-2/h8-11,14-17,20-23,26-29,32-33,40,42,70H,6-7,12-13,18-19,24-25,30-31,34-39,41,43-69H2,1-5H3/b10-8-,11-9-,16-14-,17-15-,22-20-,23-21-,28-26-,29-27-,33-32-,42-40-. The number of rotatable bonds is 60. The van der Waals surface area contributed by atoms with Gasteiger partial charge in [0.2, 0.25) is 0 Å². The van der Waals surface area contributed by atoms with Crippen LogP contribution in [-0.4, -0.2) is 70.0 Å². The third-order valence-corrected chi connectivity index (χ3v) is 14.9. The van der Waals surface area contributed by atoms with Crippen molar-refractivity contribution in [3.05, 3.63) is 122 Å². The van der Waals surface area contributed by atoms with Crippen molar-refractivity contribution in [2.24, 2.45) is 0 Å². The van der Waals surface area contributed by atoms with Crippen molar-refractivity contribution in [2.45, 2.75) is 277 Å². The van der Waals surface area contributed by atoms with Gasteiger partial charge in [-0.2, -0.15) is 0 Å². The van der Waals surface area contributed by atoms with Gasteiger partial charge in [-0.25, -0.2) is 0 Å². The van der Waals surface area contributed by atoms with Gasteiger partial charge >= 0.3 is 11.9 Å². The maximum absolute atomic E-state index is 12.9. The highest BCUT2D eigenvalue weighted by Gasteiger charge is 2.22. The van der Waals surface area contributed by atoms with Crippen molar-refractivity contribution in [2.75, 3.05) is 47.5 Å². The SMILES string of the molecule is CC/C=C\C/C=C\C/C=C\C/C=C\C/C=C\CCCCCCCCCCCCCCCCCCCC(=O)OC(COC(=O)CCCCCCCCCCC/C=C\C/C=C\C/C=C\C/C=C\C/C=C\CC)COP(=O)([O-])OCC[N+](C)(C)C. The van der Waals surface area contributed by atoms with E-state index in [2.05, 4.69) is 135 Å². The molecule has 0 heterocycles. The molecule has 0 aromatic heterocycles. The zero-order chi connectivity index (χ0) is 59.8. The van der Waals surface area contributed by atoms with E-state index >= 15 is 0 Å². The van der Waals surface area contributed by atoms with Gasteiger partial charge in [-0.3, -0.25) is 14.2 Å². The van der Waals surface area contributed by atoms with Gasteiger partial charge in [0.1, 0.15) is 19.8 Å². The molecule has 0 aliphatic rings. The maximum atomic E-state index is 12.9. The van der Waals surface area contributed by atoms with Gasteiger partial charge in [-0.1, -0.05) is 277 Å². The van der Waals surface area contributed by atoms with Crippen LogP contribution in [0.1, 0.15) is 271 Å². The predicted octanol–water partition coefficient (Wildman–Crippen LogP) is 20.9. The number of hydrogen-bond acceptors (Lipinski definition) is 8. The number of unbranched alkanes of at least 4 members (excludes halogenated alkanes) is 26. The number of nitrogens with zero attached hydrogens (tertiary/aromatic N) is 1. The highest BCUT2D eigenvalue weighted by atomic mass is 31.2. The van der Waals surface area contributed by atoms with Gasteiger partial charge in [-0.05, 0) is 103 Å². The van der Waals surface area contributed by atoms with Crippen LogP contribution in [0, 0.1) is 0 Å². The molecule has 0 saturated carbocycles. The molecule has 0 amide bonds. The van der Waals surface area contributed by atoms with E-state index in [0.29, 0.717) is 17.4 Å². The summed E-state index contributed by atoms with van der Waals surface area (Å²) in [5, 5.41) is 0.